The number of nitrogens with zero attached hydrogens (tertiary/aromatic N) is 2. The minimum atomic E-state index is -0.667. The maximum absolute atomic E-state index is 14.5. The first kappa shape index (κ1) is 21.3. The lowest BCUT2D eigenvalue weighted by Gasteiger charge is -2.34. The van der Waals surface area contributed by atoms with E-state index < -0.39 is 11.6 Å². The Kier molecular flexibility index (Phi) is 5.44. The number of rotatable bonds is 6. The summed E-state index contributed by atoms with van der Waals surface area (Å²) in [7, 11) is 1.87. The predicted octanol–water partition coefficient (Wildman–Crippen LogP) is 4.87. The van der Waals surface area contributed by atoms with E-state index in [0.29, 0.717) is 42.5 Å². The molecule has 8 heteroatoms. The Morgan fingerprint density at radius 2 is 1.91 bits per heavy atom. The Morgan fingerprint density at radius 1 is 1.15 bits per heavy atom. The Bertz CT molecular complexity index is 1320. The summed E-state index contributed by atoms with van der Waals surface area (Å²) in [6, 6.07) is 8.09. The molecule has 4 aromatic rings. The van der Waals surface area contributed by atoms with Gasteiger partial charge in [-0.1, -0.05) is 0 Å². The van der Waals surface area contributed by atoms with Crippen molar-refractivity contribution in [1.29, 1.82) is 0 Å². The standard InChI is InChI=1S/C25H23F3N4O/c1-32-12-19(30-13-32)11-29-25(33)16-6-14(7-16)8-20-21-9-18(27)10-22(28)24(21)31-23(20)15-2-4-17(26)5-3-15/h2-5,9-10,12-14,16,31H,6-8,11H2,1H3,(H,29,33). The molecule has 5 rings (SSSR count). The lowest BCUT2D eigenvalue weighted by Crippen LogP contribution is -2.39. The number of imidazole rings is 1. The zero-order chi connectivity index (χ0) is 23.1. The molecule has 1 fully saturated rings. The summed E-state index contributed by atoms with van der Waals surface area (Å²) in [5.41, 5.74) is 3.17. The second kappa shape index (κ2) is 8.42. The van der Waals surface area contributed by atoms with Crippen LogP contribution in [0.25, 0.3) is 22.2 Å². The van der Waals surface area contributed by atoms with Crippen molar-refractivity contribution in [2.45, 2.75) is 25.8 Å². The molecule has 0 unspecified atom stereocenters. The molecule has 2 N–H and O–H groups in total. The summed E-state index contributed by atoms with van der Waals surface area (Å²) in [6.45, 7) is 0.385. The number of halogens is 3. The molecule has 1 aliphatic rings. The largest absolute Gasteiger partial charge is 0.352 e. The van der Waals surface area contributed by atoms with E-state index in [-0.39, 0.29) is 29.1 Å². The highest BCUT2D eigenvalue weighted by molar-refractivity contribution is 5.91. The quantitative estimate of drug-likeness (QED) is 0.438. The van der Waals surface area contributed by atoms with Crippen LogP contribution in [0, 0.1) is 29.3 Å². The average molecular weight is 452 g/mol. The fourth-order valence-electron chi connectivity index (χ4n) is 4.63. The molecule has 1 amide bonds. The lowest BCUT2D eigenvalue weighted by atomic mass is 9.71. The monoisotopic (exact) mass is 452 g/mol. The third-order valence-electron chi connectivity index (χ3n) is 6.37. The van der Waals surface area contributed by atoms with Crippen LogP contribution in [0.2, 0.25) is 0 Å². The number of carbonyl (C=O) groups is 1. The Hall–Kier alpha value is -3.55. The van der Waals surface area contributed by atoms with Gasteiger partial charge in [0.25, 0.3) is 0 Å². The van der Waals surface area contributed by atoms with Crippen molar-refractivity contribution in [3.8, 4) is 11.3 Å². The van der Waals surface area contributed by atoms with Gasteiger partial charge in [-0.15, -0.1) is 0 Å². The maximum Gasteiger partial charge on any atom is 0.223 e. The number of benzene rings is 2. The van der Waals surface area contributed by atoms with E-state index in [9.17, 15) is 18.0 Å². The SMILES string of the molecule is Cn1cnc(CNC(=O)C2CC(Cc3c(-c4ccc(F)cc4)[nH]c4c(F)cc(F)cc34)C2)c1. The maximum atomic E-state index is 14.5. The minimum Gasteiger partial charge on any atom is -0.352 e. The molecular formula is C25H23F3N4O. The van der Waals surface area contributed by atoms with Gasteiger partial charge in [0.2, 0.25) is 5.91 Å². The van der Waals surface area contributed by atoms with Gasteiger partial charge in [-0.2, -0.15) is 0 Å². The highest BCUT2D eigenvalue weighted by atomic mass is 19.1. The van der Waals surface area contributed by atoms with Crippen molar-refractivity contribution in [3.05, 3.63) is 77.6 Å². The summed E-state index contributed by atoms with van der Waals surface area (Å²) in [4.78, 5) is 19.8. The number of hydrogen-bond acceptors (Lipinski definition) is 2. The smallest absolute Gasteiger partial charge is 0.223 e. The van der Waals surface area contributed by atoms with E-state index in [1.807, 2.05) is 17.8 Å². The van der Waals surface area contributed by atoms with Gasteiger partial charge < -0.3 is 14.9 Å². The number of amides is 1. The number of nitrogens with one attached hydrogen (secondary N) is 2. The summed E-state index contributed by atoms with van der Waals surface area (Å²) in [5, 5.41) is 3.41. The van der Waals surface area contributed by atoms with Crippen molar-refractivity contribution in [1.82, 2.24) is 19.9 Å². The highest BCUT2D eigenvalue weighted by Gasteiger charge is 2.35. The minimum absolute atomic E-state index is 0.00771. The van der Waals surface area contributed by atoms with Crippen LogP contribution in [0.1, 0.15) is 24.1 Å². The summed E-state index contributed by atoms with van der Waals surface area (Å²) >= 11 is 0. The average Bonchev–Trinajstić information content (AvgIpc) is 3.33. The predicted molar refractivity (Wildman–Crippen MR) is 119 cm³/mol. The van der Waals surface area contributed by atoms with Gasteiger partial charge in [0.15, 0.2) is 0 Å². The van der Waals surface area contributed by atoms with Gasteiger partial charge in [0.05, 0.1) is 24.1 Å². The van der Waals surface area contributed by atoms with Crippen LogP contribution >= 0.6 is 0 Å². The van der Waals surface area contributed by atoms with Crippen molar-refractivity contribution < 1.29 is 18.0 Å². The topological polar surface area (TPSA) is 62.7 Å². The third kappa shape index (κ3) is 4.25. The second-order valence-electron chi connectivity index (χ2n) is 8.78. The zero-order valence-electron chi connectivity index (χ0n) is 18.0. The molecular weight excluding hydrogens is 429 g/mol. The fourth-order valence-corrected chi connectivity index (χ4v) is 4.63. The van der Waals surface area contributed by atoms with Crippen LogP contribution in [0.5, 0.6) is 0 Å². The molecule has 0 atom stereocenters. The molecule has 1 aliphatic carbocycles. The summed E-state index contributed by atoms with van der Waals surface area (Å²) in [5.74, 6) is -1.57. The lowest BCUT2D eigenvalue weighted by molar-refractivity contribution is -0.129. The van der Waals surface area contributed by atoms with Crippen LogP contribution in [0.15, 0.2) is 48.9 Å². The van der Waals surface area contributed by atoms with E-state index in [1.165, 1.54) is 18.2 Å². The Balaban J connectivity index is 1.33. The second-order valence-corrected chi connectivity index (χ2v) is 8.78. The van der Waals surface area contributed by atoms with Crippen LogP contribution in [-0.2, 0) is 24.8 Å². The number of aromatic nitrogens is 3. The van der Waals surface area contributed by atoms with Crippen molar-refractivity contribution in [2.24, 2.45) is 18.9 Å². The van der Waals surface area contributed by atoms with Crippen LogP contribution in [0.3, 0.4) is 0 Å². The molecule has 2 aromatic heterocycles. The summed E-state index contributed by atoms with van der Waals surface area (Å²) < 4.78 is 43.7. The van der Waals surface area contributed by atoms with E-state index in [4.69, 9.17) is 0 Å². The van der Waals surface area contributed by atoms with E-state index in [2.05, 4.69) is 15.3 Å². The first-order valence-corrected chi connectivity index (χ1v) is 10.9. The highest BCUT2D eigenvalue weighted by Crippen LogP contribution is 2.41. The number of carbonyl (C=O) groups excluding carboxylic acids is 1. The fraction of sp³-hybridized carbons (Fsp3) is 0.280. The third-order valence-corrected chi connectivity index (χ3v) is 6.37. The van der Waals surface area contributed by atoms with Crippen molar-refractivity contribution in [2.75, 3.05) is 0 Å². The number of H-pyrrole nitrogens is 1. The van der Waals surface area contributed by atoms with E-state index >= 15 is 0 Å². The van der Waals surface area contributed by atoms with Crippen LogP contribution < -0.4 is 5.32 Å². The van der Waals surface area contributed by atoms with Gasteiger partial charge >= 0.3 is 0 Å². The number of aromatic amines is 1. The summed E-state index contributed by atoms with van der Waals surface area (Å²) in [6.07, 6.45) is 5.50. The molecule has 5 nitrogen and oxygen atoms in total. The zero-order valence-corrected chi connectivity index (χ0v) is 18.0. The molecule has 1 saturated carbocycles. The first-order valence-electron chi connectivity index (χ1n) is 10.9. The van der Waals surface area contributed by atoms with Gasteiger partial charge in [0, 0.05) is 36.3 Å². The van der Waals surface area contributed by atoms with Gasteiger partial charge in [-0.3, -0.25) is 4.79 Å². The molecule has 33 heavy (non-hydrogen) atoms. The van der Waals surface area contributed by atoms with E-state index in [0.717, 1.165) is 17.3 Å². The number of aryl methyl sites for hydroxylation is 1. The van der Waals surface area contributed by atoms with Crippen molar-refractivity contribution in [3.63, 3.8) is 0 Å². The van der Waals surface area contributed by atoms with Crippen molar-refractivity contribution >= 4 is 16.8 Å². The molecule has 0 saturated heterocycles. The molecule has 0 aliphatic heterocycles. The molecule has 2 aromatic carbocycles. The Morgan fingerprint density at radius 3 is 2.61 bits per heavy atom. The van der Waals surface area contributed by atoms with Gasteiger partial charge in [0.1, 0.15) is 17.5 Å². The molecule has 0 bridgehead atoms. The van der Waals surface area contributed by atoms with E-state index in [1.54, 1.807) is 18.5 Å². The van der Waals surface area contributed by atoms with Gasteiger partial charge in [-0.25, -0.2) is 18.2 Å². The first-order chi connectivity index (χ1) is 15.9. The van der Waals surface area contributed by atoms with Gasteiger partial charge in [-0.05, 0) is 66.6 Å². The molecule has 2 heterocycles. The van der Waals surface area contributed by atoms with Crippen LogP contribution in [0.4, 0.5) is 13.2 Å². The number of hydrogen-bond donors (Lipinski definition) is 2. The number of fused-ring (bicyclic) bond motifs is 1. The van der Waals surface area contributed by atoms with Crippen LogP contribution in [-0.4, -0.2) is 20.4 Å². The Labute approximate surface area is 188 Å². The molecule has 170 valence electrons. The molecule has 0 radical (unpaired) electrons. The molecule has 0 spiro atoms. The normalized spacial score (nSPS) is 17.8.